The molecule has 0 unspecified atom stereocenters. The van der Waals surface area contributed by atoms with Crippen molar-refractivity contribution in [2.75, 3.05) is 0 Å². The fraction of sp³-hybridized carbons (Fsp3) is 0.333. The molecule has 2 aromatic rings. The molecule has 5 atom stereocenters. The summed E-state index contributed by atoms with van der Waals surface area (Å²) in [5.41, 5.74) is -0.00573. The Morgan fingerprint density at radius 1 is 0.833 bits per heavy atom. The lowest BCUT2D eigenvalue weighted by Gasteiger charge is -2.39. The summed E-state index contributed by atoms with van der Waals surface area (Å²) in [6.07, 6.45) is -6.66. The molecule has 5 N–H and O–H groups in total. The van der Waals surface area contributed by atoms with Gasteiger partial charge in [-0.3, -0.25) is 9.59 Å². The lowest BCUT2D eigenvalue weighted by Crippen LogP contribution is -2.58. The van der Waals surface area contributed by atoms with E-state index in [4.69, 9.17) is 9.47 Å². The molecule has 2 aromatic carbocycles. The number of carbonyl (C=O) groups is 2. The van der Waals surface area contributed by atoms with E-state index in [1.54, 1.807) is 6.92 Å². The van der Waals surface area contributed by atoms with E-state index in [0.29, 0.717) is 5.56 Å². The summed E-state index contributed by atoms with van der Waals surface area (Å²) in [5.74, 6) is -2.29. The zero-order chi connectivity index (χ0) is 21.9. The molecule has 9 nitrogen and oxygen atoms in total. The minimum absolute atomic E-state index is 0.00247. The van der Waals surface area contributed by atoms with Crippen LogP contribution in [-0.4, -0.2) is 67.8 Å². The number of carbonyl (C=O) groups excluding carboxylic acids is 2. The Bertz CT molecular complexity index is 1060. The maximum atomic E-state index is 13.0. The van der Waals surface area contributed by atoms with E-state index in [9.17, 15) is 35.1 Å². The average Bonchev–Trinajstić information content (AvgIpc) is 2.67. The van der Waals surface area contributed by atoms with Crippen LogP contribution in [0.3, 0.4) is 0 Å². The number of benzene rings is 2. The summed E-state index contributed by atoms with van der Waals surface area (Å²) < 4.78 is 10.9. The van der Waals surface area contributed by atoms with E-state index in [-0.39, 0.29) is 33.8 Å². The van der Waals surface area contributed by atoms with Gasteiger partial charge in [0.15, 0.2) is 5.78 Å². The molecule has 158 valence electrons. The van der Waals surface area contributed by atoms with E-state index >= 15 is 0 Å². The topological polar surface area (TPSA) is 154 Å². The van der Waals surface area contributed by atoms with Crippen molar-refractivity contribution in [2.24, 2.45) is 0 Å². The van der Waals surface area contributed by atoms with Crippen LogP contribution in [0, 0.1) is 6.92 Å². The van der Waals surface area contributed by atoms with Gasteiger partial charge in [0.2, 0.25) is 12.1 Å². The van der Waals surface area contributed by atoms with Gasteiger partial charge in [-0.15, -0.1) is 0 Å². The highest BCUT2D eigenvalue weighted by Gasteiger charge is 2.43. The van der Waals surface area contributed by atoms with Crippen molar-refractivity contribution >= 4 is 11.6 Å². The molecule has 2 aliphatic rings. The van der Waals surface area contributed by atoms with Crippen molar-refractivity contribution in [3.63, 3.8) is 0 Å². The van der Waals surface area contributed by atoms with E-state index in [2.05, 4.69) is 0 Å². The second-order valence-electron chi connectivity index (χ2n) is 7.53. The third-order valence-electron chi connectivity index (χ3n) is 5.36. The first-order chi connectivity index (χ1) is 14.1. The summed E-state index contributed by atoms with van der Waals surface area (Å²) in [5, 5.41) is 50.4. The molecular formula is C21H20O9. The Balaban J connectivity index is 1.73. The number of ether oxygens (including phenoxy) is 2. The fourth-order valence-electron chi connectivity index (χ4n) is 3.79. The molecule has 9 heteroatoms. The minimum atomic E-state index is -1.59. The largest absolute Gasteiger partial charge is 0.507 e. The SMILES string of the molecule is Cc1cc(O)c2c(c1)C(=O)c1cc(O[C@@H]3O[C@@H](C)[C@H](O)[C@H](O)[C@H]3O)cc(O)c1C2=O. The van der Waals surface area contributed by atoms with Crippen LogP contribution in [0.4, 0.5) is 0 Å². The van der Waals surface area contributed by atoms with E-state index < -0.39 is 48.0 Å². The van der Waals surface area contributed by atoms with Crippen molar-refractivity contribution in [1.29, 1.82) is 0 Å². The van der Waals surface area contributed by atoms with Gasteiger partial charge in [-0.1, -0.05) is 0 Å². The fourth-order valence-corrected chi connectivity index (χ4v) is 3.79. The average molecular weight is 416 g/mol. The molecule has 1 saturated heterocycles. The monoisotopic (exact) mass is 416 g/mol. The van der Waals surface area contributed by atoms with Gasteiger partial charge in [-0.2, -0.15) is 0 Å². The number of aromatic hydroxyl groups is 2. The van der Waals surface area contributed by atoms with Crippen molar-refractivity contribution in [1.82, 2.24) is 0 Å². The van der Waals surface area contributed by atoms with Gasteiger partial charge in [0.1, 0.15) is 35.6 Å². The molecule has 0 bridgehead atoms. The van der Waals surface area contributed by atoms with Crippen LogP contribution in [0.15, 0.2) is 24.3 Å². The molecule has 1 fully saturated rings. The van der Waals surface area contributed by atoms with Crippen molar-refractivity contribution in [3.05, 3.63) is 52.1 Å². The Labute approximate surface area is 170 Å². The van der Waals surface area contributed by atoms with Gasteiger partial charge in [0.25, 0.3) is 0 Å². The van der Waals surface area contributed by atoms with Crippen LogP contribution < -0.4 is 4.74 Å². The molecule has 0 spiro atoms. The number of aryl methyl sites for hydroxylation is 1. The van der Waals surface area contributed by atoms with Gasteiger partial charge in [0.05, 0.1) is 17.2 Å². The van der Waals surface area contributed by atoms with Gasteiger partial charge < -0.3 is 35.0 Å². The van der Waals surface area contributed by atoms with Crippen LogP contribution in [0.1, 0.15) is 44.3 Å². The number of fused-ring (bicyclic) bond motifs is 2. The molecule has 0 saturated carbocycles. The van der Waals surface area contributed by atoms with Gasteiger partial charge in [-0.25, -0.2) is 0 Å². The quantitative estimate of drug-likeness (QED) is 0.399. The summed E-state index contributed by atoms with van der Waals surface area (Å²) in [6, 6.07) is 5.11. The Kier molecular flexibility index (Phi) is 4.78. The van der Waals surface area contributed by atoms with Gasteiger partial charge >= 0.3 is 0 Å². The van der Waals surface area contributed by atoms with Gasteiger partial charge in [0, 0.05) is 17.2 Å². The van der Waals surface area contributed by atoms with Crippen LogP contribution in [-0.2, 0) is 4.74 Å². The lowest BCUT2D eigenvalue weighted by atomic mass is 9.82. The summed E-state index contributed by atoms with van der Waals surface area (Å²) in [7, 11) is 0. The Morgan fingerprint density at radius 3 is 2.10 bits per heavy atom. The highest BCUT2D eigenvalue weighted by atomic mass is 16.7. The van der Waals surface area contributed by atoms with Crippen molar-refractivity contribution in [2.45, 2.75) is 44.6 Å². The summed E-state index contributed by atoms with van der Waals surface area (Å²) in [4.78, 5) is 25.8. The maximum absolute atomic E-state index is 13.0. The zero-order valence-electron chi connectivity index (χ0n) is 16.1. The third kappa shape index (κ3) is 3.03. The lowest BCUT2D eigenvalue weighted by molar-refractivity contribution is -0.268. The Hall–Kier alpha value is -2.98. The van der Waals surface area contributed by atoms with Crippen LogP contribution >= 0.6 is 0 Å². The predicted molar refractivity (Wildman–Crippen MR) is 101 cm³/mol. The van der Waals surface area contributed by atoms with Gasteiger partial charge in [-0.05, 0) is 37.6 Å². The minimum Gasteiger partial charge on any atom is -0.507 e. The highest BCUT2D eigenvalue weighted by molar-refractivity contribution is 6.30. The maximum Gasteiger partial charge on any atom is 0.229 e. The Morgan fingerprint density at radius 2 is 1.43 bits per heavy atom. The number of aliphatic hydroxyl groups is 3. The first kappa shape index (κ1) is 20.3. The van der Waals surface area contributed by atoms with E-state index in [0.717, 1.165) is 6.07 Å². The van der Waals surface area contributed by atoms with Crippen LogP contribution in [0.5, 0.6) is 17.2 Å². The first-order valence-electron chi connectivity index (χ1n) is 9.26. The molecule has 1 aliphatic heterocycles. The normalized spacial score (nSPS) is 28.1. The number of phenolic OH excluding ortho intramolecular Hbond substituents is 2. The summed E-state index contributed by atoms with van der Waals surface area (Å²) in [6.45, 7) is 3.14. The molecule has 4 rings (SSSR count). The van der Waals surface area contributed by atoms with Crippen LogP contribution in [0.25, 0.3) is 0 Å². The zero-order valence-corrected chi connectivity index (χ0v) is 16.1. The molecule has 30 heavy (non-hydrogen) atoms. The molecular weight excluding hydrogens is 396 g/mol. The third-order valence-corrected chi connectivity index (χ3v) is 5.36. The first-order valence-corrected chi connectivity index (χ1v) is 9.26. The number of ketones is 2. The number of aliphatic hydroxyl groups excluding tert-OH is 3. The second kappa shape index (κ2) is 7.06. The van der Waals surface area contributed by atoms with Crippen molar-refractivity contribution in [3.8, 4) is 17.2 Å². The molecule has 0 amide bonds. The summed E-state index contributed by atoms with van der Waals surface area (Å²) >= 11 is 0. The van der Waals surface area contributed by atoms with E-state index in [1.807, 2.05) is 0 Å². The standard InChI is InChI=1S/C21H20O9/c1-7-3-10-14(12(22)4-7)18(26)15-11(17(10)25)5-9(6-13(15)23)30-21-20(28)19(27)16(24)8(2)29-21/h3-6,8,16,19-24,27-28H,1-2H3/t8-,16-,19-,20+,21-/m0/s1. The molecule has 1 heterocycles. The number of rotatable bonds is 2. The predicted octanol–water partition coefficient (Wildman–Crippen LogP) is 0.388. The molecule has 0 radical (unpaired) electrons. The highest BCUT2D eigenvalue weighted by Crippen LogP contribution is 2.40. The second-order valence-corrected chi connectivity index (χ2v) is 7.53. The number of hydrogen-bond donors (Lipinski definition) is 5. The van der Waals surface area contributed by atoms with Crippen LogP contribution in [0.2, 0.25) is 0 Å². The van der Waals surface area contributed by atoms with E-state index in [1.165, 1.54) is 25.1 Å². The number of hydrogen-bond acceptors (Lipinski definition) is 9. The number of phenols is 2. The van der Waals surface area contributed by atoms with Crippen molar-refractivity contribution < 1.29 is 44.6 Å². The molecule has 0 aromatic heterocycles. The molecule has 1 aliphatic carbocycles. The smallest absolute Gasteiger partial charge is 0.229 e.